The summed E-state index contributed by atoms with van der Waals surface area (Å²) in [5, 5.41) is 15.2. The van der Waals surface area contributed by atoms with Crippen molar-refractivity contribution in [2.24, 2.45) is 0 Å². The SMILES string of the molecule is O=C(Nc1ccc(C(=O)NCCc2ccccn2)c(O)c1)c1cc(F)cc(F)c1. The van der Waals surface area contributed by atoms with Gasteiger partial charge < -0.3 is 15.7 Å². The number of aromatic nitrogens is 1. The van der Waals surface area contributed by atoms with Crippen LogP contribution < -0.4 is 10.6 Å². The van der Waals surface area contributed by atoms with E-state index in [1.807, 2.05) is 12.1 Å². The Hall–Kier alpha value is -3.81. The van der Waals surface area contributed by atoms with Crippen LogP contribution in [-0.4, -0.2) is 28.4 Å². The van der Waals surface area contributed by atoms with E-state index in [0.29, 0.717) is 19.0 Å². The van der Waals surface area contributed by atoms with Gasteiger partial charge in [-0.15, -0.1) is 0 Å². The second kappa shape index (κ2) is 8.92. The van der Waals surface area contributed by atoms with E-state index < -0.39 is 23.4 Å². The number of phenolic OH excluding ortho intramolecular Hbond substituents is 1. The van der Waals surface area contributed by atoms with E-state index >= 15 is 0 Å². The van der Waals surface area contributed by atoms with Crippen LogP contribution in [0.15, 0.2) is 60.8 Å². The van der Waals surface area contributed by atoms with Gasteiger partial charge in [0.15, 0.2) is 0 Å². The van der Waals surface area contributed by atoms with Crippen molar-refractivity contribution in [1.82, 2.24) is 10.3 Å². The van der Waals surface area contributed by atoms with Crippen molar-refractivity contribution >= 4 is 17.5 Å². The molecule has 0 saturated heterocycles. The highest BCUT2D eigenvalue weighted by Crippen LogP contribution is 2.22. The van der Waals surface area contributed by atoms with Crippen LogP contribution in [0.2, 0.25) is 0 Å². The third-order valence-corrected chi connectivity index (χ3v) is 4.02. The maximum absolute atomic E-state index is 13.2. The molecule has 1 aromatic heterocycles. The third kappa shape index (κ3) is 5.35. The number of amides is 2. The zero-order chi connectivity index (χ0) is 20.8. The highest BCUT2D eigenvalue weighted by Gasteiger charge is 2.14. The summed E-state index contributed by atoms with van der Waals surface area (Å²) in [5.74, 6) is -3.34. The van der Waals surface area contributed by atoms with E-state index in [1.54, 1.807) is 12.3 Å². The van der Waals surface area contributed by atoms with E-state index in [1.165, 1.54) is 18.2 Å². The van der Waals surface area contributed by atoms with Crippen molar-refractivity contribution in [2.75, 3.05) is 11.9 Å². The second-order valence-corrected chi connectivity index (χ2v) is 6.17. The number of nitrogens with zero attached hydrogens (tertiary/aromatic N) is 1. The summed E-state index contributed by atoms with van der Waals surface area (Å²) in [7, 11) is 0. The monoisotopic (exact) mass is 397 g/mol. The molecule has 2 amide bonds. The van der Waals surface area contributed by atoms with Crippen LogP contribution in [0.4, 0.5) is 14.5 Å². The zero-order valence-electron chi connectivity index (χ0n) is 15.2. The summed E-state index contributed by atoms with van der Waals surface area (Å²) in [5.41, 5.74) is 0.810. The van der Waals surface area contributed by atoms with Gasteiger partial charge in [-0.1, -0.05) is 6.07 Å². The van der Waals surface area contributed by atoms with E-state index in [-0.39, 0.29) is 22.6 Å². The fourth-order valence-electron chi connectivity index (χ4n) is 2.63. The Kier molecular flexibility index (Phi) is 6.13. The van der Waals surface area contributed by atoms with Crippen LogP contribution in [0.25, 0.3) is 0 Å². The van der Waals surface area contributed by atoms with Crippen LogP contribution in [0.1, 0.15) is 26.4 Å². The summed E-state index contributed by atoms with van der Waals surface area (Å²) in [6.45, 7) is 0.332. The molecule has 3 N–H and O–H groups in total. The molecule has 3 aromatic rings. The molecule has 148 valence electrons. The van der Waals surface area contributed by atoms with Crippen LogP contribution in [0.5, 0.6) is 5.75 Å². The fraction of sp³-hybridized carbons (Fsp3) is 0.0952. The molecule has 0 fully saturated rings. The van der Waals surface area contributed by atoms with E-state index in [4.69, 9.17) is 0 Å². The predicted octanol–water partition coefficient (Wildman–Crippen LogP) is 3.29. The second-order valence-electron chi connectivity index (χ2n) is 6.17. The molecule has 0 unspecified atom stereocenters. The van der Waals surface area contributed by atoms with Gasteiger partial charge in [0, 0.05) is 48.2 Å². The average Bonchev–Trinajstić information content (AvgIpc) is 2.68. The molecule has 2 aromatic carbocycles. The molecule has 0 aliphatic heterocycles. The lowest BCUT2D eigenvalue weighted by atomic mass is 10.1. The number of aromatic hydroxyl groups is 1. The zero-order valence-corrected chi connectivity index (χ0v) is 15.2. The highest BCUT2D eigenvalue weighted by molar-refractivity contribution is 6.05. The van der Waals surface area contributed by atoms with Crippen molar-refractivity contribution in [1.29, 1.82) is 0 Å². The Bertz CT molecular complexity index is 1020. The smallest absolute Gasteiger partial charge is 0.255 e. The summed E-state index contributed by atoms with van der Waals surface area (Å²) in [6, 6.07) is 11.8. The topological polar surface area (TPSA) is 91.3 Å². The lowest BCUT2D eigenvalue weighted by Gasteiger charge is -2.10. The molecule has 0 bridgehead atoms. The van der Waals surface area contributed by atoms with Gasteiger partial charge in [-0.2, -0.15) is 0 Å². The van der Waals surface area contributed by atoms with Gasteiger partial charge in [-0.05, 0) is 36.4 Å². The van der Waals surface area contributed by atoms with E-state index in [0.717, 1.165) is 17.8 Å². The quantitative estimate of drug-likeness (QED) is 0.595. The lowest BCUT2D eigenvalue weighted by molar-refractivity contribution is 0.0951. The number of benzene rings is 2. The first-order valence-electron chi connectivity index (χ1n) is 8.71. The molecule has 3 rings (SSSR count). The number of rotatable bonds is 6. The molecule has 0 atom stereocenters. The van der Waals surface area contributed by atoms with Crippen LogP contribution >= 0.6 is 0 Å². The summed E-state index contributed by atoms with van der Waals surface area (Å²) in [4.78, 5) is 28.5. The van der Waals surface area contributed by atoms with E-state index in [2.05, 4.69) is 15.6 Å². The Morgan fingerprint density at radius 3 is 2.38 bits per heavy atom. The third-order valence-electron chi connectivity index (χ3n) is 4.02. The van der Waals surface area contributed by atoms with Crippen LogP contribution in [0, 0.1) is 11.6 Å². The Balaban J connectivity index is 1.61. The van der Waals surface area contributed by atoms with Crippen molar-refractivity contribution in [2.45, 2.75) is 6.42 Å². The maximum Gasteiger partial charge on any atom is 0.255 e. The molecule has 0 radical (unpaired) electrons. The summed E-state index contributed by atoms with van der Waals surface area (Å²) >= 11 is 0. The van der Waals surface area contributed by atoms with Gasteiger partial charge in [0.05, 0.1) is 5.56 Å². The first kappa shape index (κ1) is 19.9. The Morgan fingerprint density at radius 2 is 1.72 bits per heavy atom. The Labute approximate surface area is 165 Å². The highest BCUT2D eigenvalue weighted by atomic mass is 19.1. The Morgan fingerprint density at radius 1 is 0.966 bits per heavy atom. The van der Waals surface area contributed by atoms with Crippen molar-refractivity contribution in [3.8, 4) is 5.75 Å². The summed E-state index contributed by atoms with van der Waals surface area (Å²) in [6.07, 6.45) is 2.19. The molecular formula is C21H17F2N3O3. The molecule has 1 heterocycles. The van der Waals surface area contributed by atoms with Gasteiger partial charge >= 0.3 is 0 Å². The number of phenols is 1. The van der Waals surface area contributed by atoms with Crippen molar-refractivity contribution < 1.29 is 23.5 Å². The molecule has 0 aliphatic carbocycles. The number of carbonyl (C=O) groups excluding carboxylic acids is 2. The molecule has 6 nitrogen and oxygen atoms in total. The minimum atomic E-state index is -0.879. The minimum absolute atomic E-state index is 0.0285. The average molecular weight is 397 g/mol. The van der Waals surface area contributed by atoms with Gasteiger partial charge in [0.25, 0.3) is 11.8 Å². The van der Waals surface area contributed by atoms with Crippen LogP contribution in [-0.2, 0) is 6.42 Å². The molecule has 0 aliphatic rings. The molecule has 0 saturated carbocycles. The van der Waals surface area contributed by atoms with Crippen molar-refractivity contribution in [3.63, 3.8) is 0 Å². The lowest BCUT2D eigenvalue weighted by Crippen LogP contribution is -2.26. The van der Waals surface area contributed by atoms with E-state index in [9.17, 15) is 23.5 Å². The number of nitrogens with one attached hydrogen (secondary N) is 2. The first-order chi connectivity index (χ1) is 13.9. The number of hydrogen-bond donors (Lipinski definition) is 3. The van der Waals surface area contributed by atoms with Gasteiger partial charge in [-0.3, -0.25) is 14.6 Å². The minimum Gasteiger partial charge on any atom is -0.507 e. The fourth-order valence-corrected chi connectivity index (χ4v) is 2.63. The standard InChI is InChI=1S/C21H17F2N3O3/c22-14-9-13(10-15(23)11-14)20(28)26-17-4-5-18(19(27)12-17)21(29)25-8-6-16-3-1-2-7-24-16/h1-5,7,9-12,27H,6,8H2,(H,25,29)(H,26,28). The molecule has 0 spiro atoms. The van der Waals surface area contributed by atoms with Crippen LogP contribution in [0.3, 0.4) is 0 Å². The molecular weight excluding hydrogens is 380 g/mol. The normalized spacial score (nSPS) is 10.4. The maximum atomic E-state index is 13.2. The van der Waals surface area contributed by atoms with Crippen molar-refractivity contribution in [3.05, 3.63) is 89.2 Å². The predicted molar refractivity (Wildman–Crippen MR) is 103 cm³/mol. The van der Waals surface area contributed by atoms with Gasteiger partial charge in [-0.25, -0.2) is 8.78 Å². The number of pyridine rings is 1. The number of carbonyl (C=O) groups is 2. The number of anilines is 1. The molecule has 8 heteroatoms. The summed E-state index contributed by atoms with van der Waals surface area (Å²) < 4.78 is 26.5. The first-order valence-corrected chi connectivity index (χ1v) is 8.71. The largest absolute Gasteiger partial charge is 0.507 e. The molecule has 29 heavy (non-hydrogen) atoms. The number of hydrogen-bond acceptors (Lipinski definition) is 4. The van der Waals surface area contributed by atoms with Gasteiger partial charge in [0.1, 0.15) is 17.4 Å². The number of halogens is 2. The van der Waals surface area contributed by atoms with Gasteiger partial charge in [0.2, 0.25) is 0 Å².